The molecule has 124 valence electrons. The van der Waals surface area contributed by atoms with Crippen molar-refractivity contribution in [3.63, 3.8) is 0 Å². The molecule has 1 N–H and O–H groups in total. The number of methoxy groups -OCH3 is 2. The maximum atomic E-state index is 5.37. The third kappa shape index (κ3) is 4.02. The van der Waals surface area contributed by atoms with Crippen molar-refractivity contribution in [3.8, 4) is 21.9 Å². The van der Waals surface area contributed by atoms with E-state index in [0.29, 0.717) is 0 Å². The Morgan fingerprint density at radius 1 is 1.13 bits per heavy atom. The van der Waals surface area contributed by atoms with E-state index in [1.807, 2.05) is 24.4 Å². The van der Waals surface area contributed by atoms with E-state index in [1.54, 1.807) is 25.6 Å². The first-order valence-electron chi connectivity index (χ1n) is 7.95. The molecule has 0 amide bonds. The van der Waals surface area contributed by atoms with Crippen molar-refractivity contribution in [1.82, 2.24) is 15.4 Å². The van der Waals surface area contributed by atoms with E-state index in [1.165, 1.54) is 19.3 Å². The molecular weight excluding hydrogens is 310 g/mol. The van der Waals surface area contributed by atoms with E-state index in [-0.39, 0.29) is 0 Å². The van der Waals surface area contributed by atoms with Gasteiger partial charge in [-0.1, -0.05) is 6.42 Å². The second-order valence-electron chi connectivity index (χ2n) is 5.57. The Bertz CT molecular complexity index is 639. The van der Waals surface area contributed by atoms with Crippen molar-refractivity contribution >= 4 is 11.3 Å². The smallest absolute Gasteiger partial charge is 0.161 e. The zero-order chi connectivity index (χ0) is 16.1. The average molecular weight is 333 g/mol. The lowest BCUT2D eigenvalue weighted by Gasteiger charge is -2.26. The number of piperidine rings is 1. The van der Waals surface area contributed by atoms with Gasteiger partial charge in [0.2, 0.25) is 0 Å². The zero-order valence-corrected chi connectivity index (χ0v) is 14.5. The maximum absolute atomic E-state index is 5.37. The molecule has 1 fully saturated rings. The zero-order valence-electron chi connectivity index (χ0n) is 13.7. The Labute approximate surface area is 141 Å². The molecule has 0 unspecified atom stereocenters. The quantitative estimate of drug-likeness (QED) is 0.879. The van der Waals surface area contributed by atoms with Gasteiger partial charge in [-0.2, -0.15) is 0 Å². The summed E-state index contributed by atoms with van der Waals surface area (Å²) in [5.74, 6) is 1.49. The van der Waals surface area contributed by atoms with Gasteiger partial charge in [-0.25, -0.2) is 15.4 Å². The summed E-state index contributed by atoms with van der Waals surface area (Å²) in [6, 6.07) is 5.96. The summed E-state index contributed by atoms with van der Waals surface area (Å²) in [5, 5.41) is 3.40. The Morgan fingerprint density at radius 2 is 1.91 bits per heavy atom. The van der Waals surface area contributed by atoms with Gasteiger partial charge in [-0.3, -0.25) is 0 Å². The van der Waals surface area contributed by atoms with Crippen molar-refractivity contribution in [3.05, 3.63) is 29.4 Å². The lowest BCUT2D eigenvalue weighted by atomic mass is 10.2. The molecule has 1 aromatic heterocycles. The Morgan fingerprint density at radius 3 is 2.65 bits per heavy atom. The summed E-state index contributed by atoms with van der Waals surface area (Å²) in [4.78, 5) is 5.67. The molecule has 1 saturated heterocycles. The third-order valence-corrected chi connectivity index (χ3v) is 5.08. The molecule has 0 radical (unpaired) electrons. The van der Waals surface area contributed by atoms with Crippen LogP contribution in [0, 0.1) is 0 Å². The van der Waals surface area contributed by atoms with Gasteiger partial charge in [-0.15, -0.1) is 11.3 Å². The number of benzene rings is 1. The molecule has 1 aliphatic heterocycles. The molecule has 6 heteroatoms. The highest BCUT2D eigenvalue weighted by molar-refractivity contribution is 7.15. The number of rotatable bonds is 6. The Kier molecular flexibility index (Phi) is 5.48. The van der Waals surface area contributed by atoms with E-state index in [0.717, 1.165) is 46.6 Å². The minimum atomic E-state index is 0.742. The minimum Gasteiger partial charge on any atom is -0.493 e. The molecule has 0 spiro atoms. The van der Waals surface area contributed by atoms with Crippen LogP contribution < -0.4 is 14.9 Å². The Balaban J connectivity index is 1.66. The summed E-state index contributed by atoms with van der Waals surface area (Å²) in [6.45, 7) is 3.06. The number of nitrogens with one attached hydrogen (secondary N) is 1. The molecule has 1 aliphatic rings. The molecular formula is C17H23N3O2S. The van der Waals surface area contributed by atoms with Crippen LogP contribution in [0.15, 0.2) is 24.4 Å². The predicted molar refractivity (Wildman–Crippen MR) is 92.9 cm³/mol. The van der Waals surface area contributed by atoms with E-state index < -0.39 is 0 Å². The second kappa shape index (κ2) is 7.77. The maximum Gasteiger partial charge on any atom is 0.161 e. The number of aromatic nitrogens is 1. The van der Waals surface area contributed by atoms with Crippen LogP contribution in [-0.4, -0.2) is 37.3 Å². The van der Waals surface area contributed by atoms with Crippen LogP contribution in [0.2, 0.25) is 0 Å². The first-order chi connectivity index (χ1) is 11.3. The van der Waals surface area contributed by atoms with Gasteiger partial charge in [0, 0.05) is 19.3 Å². The molecule has 0 bridgehead atoms. The highest BCUT2D eigenvalue weighted by Gasteiger charge is 2.12. The summed E-state index contributed by atoms with van der Waals surface area (Å²) >= 11 is 1.71. The Hall–Kier alpha value is -1.63. The van der Waals surface area contributed by atoms with Crippen molar-refractivity contribution in [2.75, 3.05) is 27.3 Å². The van der Waals surface area contributed by atoms with Crippen LogP contribution in [0.4, 0.5) is 0 Å². The largest absolute Gasteiger partial charge is 0.493 e. The van der Waals surface area contributed by atoms with E-state index >= 15 is 0 Å². The fraction of sp³-hybridized carbons (Fsp3) is 0.471. The molecule has 0 atom stereocenters. The van der Waals surface area contributed by atoms with Crippen molar-refractivity contribution < 1.29 is 9.47 Å². The van der Waals surface area contributed by atoms with Crippen LogP contribution in [0.3, 0.4) is 0 Å². The van der Waals surface area contributed by atoms with Crippen LogP contribution in [0.1, 0.15) is 24.3 Å². The molecule has 5 nitrogen and oxygen atoms in total. The molecule has 3 rings (SSSR count). The molecule has 2 aromatic rings. The highest BCUT2D eigenvalue weighted by Crippen LogP contribution is 2.34. The van der Waals surface area contributed by atoms with Crippen molar-refractivity contribution in [1.29, 1.82) is 0 Å². The predicted octanol–water partition coefficient (Wildman–Crippen LogP) is 3.32. The number of hydrazine groups is 1. The minimum absolute atomic E-state index is 0.742. The molecule has 2 heterocycles. The van der Waals surface area contributed by atoms with Crippen molar-refractivity contribution in [2.45, 2.75) is 25.8 Å². The number of ether oxygens (including phenoxy) is 2. The van der Waals surface area contributed by atoms with E-state index in [2.05, 4.69) is 15.4 Å². The van der Waals surface area contributed by atoms with Gasteiger partial charge in [0.05, 0.1) is 25.6 Å². The van der Waals surface area contributed by atoms with Gasteiger partial charge >= 0.3 is 0 Å². The normalized spacial score (nSPS) is 15.6. The third-order valence-electron chi connectivity index (χ3n) is 4.03. The number of thiazole rings is 1. The summed E-state index contributed by atoms with van der Waals surface area (Å²) in [5.41, 5.74) is 4.58. The molecule has 23 heavy (non-hydrogen) atoms. The first kappa shape index (κ1) is 16.2. The number of hydrogen-bond donors (Lipinski definition) is 1. The SMILES string of the molecule is COc1ccc(-c2cnc(CNN3CCCCC3)s2)cc1OC. The molecule has 1 aromatic carbocycles. The summed E-state index contributed by atoms with van der Waals surface area (Å²) in [6.07, 6.45) is 5.83. The van der Waals surface area contributed by atoms with Gasteiger partial charge in [0.1, 0.15) is 5.01 Å². The molecule has 0 saturated carbocycles. The average Bonchev–Trinajstić information content (AvgIpc) is 3.09. The van der Waals surface area contributed by atoms with Gasteiger partial charge in [0.15, 0.2) is 11.5 Å². The van der Waals surface area contributed by atoms with Crippen molar-refractivity contribution in [2.24, 2.45) is 0 Å². The first-order valence-corrected chi connectivity index (χ1v) is 8.77. The number of hydrogen-bond acceptors (Lipinski definition) is 6. The fourth-order valence-corrected chi connectivity index (χ4v) is 3.59. The van der Waals surface area contributed by atoms with E-state index in [9.17, 15) is 0 Å². The lowest BCUT2D eigenvalue weighted by molar-refractivity contribution is 0.151. The van der Waals surface area contributed by atoms with Crippen LogP contribution in [0.5, 0.6) is 11.5 Å². The summed E-state index contributed by atoms with van der Waals surface area (Å²) < 4.78 is 10.7. The summed E-state index contributed by atoms with van der Waals surface area (Å²) in [7, 11) is 3.30. The van der Waals surface area contributed by atoms with Gasteiger partial charge in [-0.05, 0) is 36.6 Å². The second-order valence-corrected chi connectivity index (χ2v) is 6.69. The topological polar surface area (TPSA) is 46.6 Å². The van der Waals surface area contributed by atoms with E-state index in [4.69, 9.17) is 9.47 Å². The van der Waals surface area contributed by atoms with Gasteiger partial charge in [0.25, 0.3) is 0 Å². The van der Waals surface area contributed by atoms with Gasteiger partial charge < -0.3 is 9.47 Å². The number of nitrogens with zero attached hydrogens (tertiary/aromatic N) is 2. The lowest BCUT2D eigenvalue weighted by Crippen LogP contribution is -2.41. The monoisotopic (exact) mass is 333 g/mol. The van der Waals surface area contributed by atoms with Crippen LogP contribution in [0.25, 0.3) is 10.4 Å². The molecule has 0 aliphatic carbocycles. The highest BCUT2D eigenvalue weighted by atomic mass is 32.1. The van der Waals surface area contributed by atoms with Crippen LogP contribution in [-0.2, 0) is 6.54 Å². The fourth-order valence-electron chi connectivity index (χ4n) is 2.75. The standard InChI is InChI=1S/C17H23N3O2S/c1-21-14-7-6-13(10-15(14)22-2)16-11-18-17(23-16)12-19-20-8-4-3-5-9-20/h6-7,10-11,19H,3-5,8-9,12H2,1-2H3. The van der Waals surface area contributed by atoms with Crippen LogP contribution >= 0.6 is 11.3 Å².